The Labute approximate surface area is 129 Å². The average molecular weight is 308 g/mol. The zero-order valence-electron chi connectivity index (χ0n) is 13.1. The molecule has 0 aromatic carbocycles. The number of carbonyl (C=O) groups excluding carboxylic acids is 1. The Kier molecular flexibility index (Phi) is 6.85. The molecule has 1 aromatic heterocycles. The number of hydrogen-bond acceptors (Lipinski definition) is 9. The number of ether oxygens (including phenoxy) is 1. The van der Waals surface area contributed by atoms with Gasteiger partial charge in [0.05, 0.1) is 20.3 Å². The van der Waals surface area contributed by atoms with Gasteiger partial charge >= 0.3 is 5.97 Å². The van der Waals surface area contributed by atoms with Crippen LogP contribution >= 0.6 is 0 Å². The first-order chi connectivity index (χ1) is 10.5. The summed E-state index contributed by atoms with van der Waals surface area (Å²) in [7, 11) is 3.12. The van der Waals surface area contributed by atoms with Crippen LogP contribution in [0.1, 0.15) is 13.8 Å². The fourth-order valence-electron chi connectivity index (χ4n) is 1.38. The summed E-state index contributed by atoms with van der Waals surface area (Å²) in [6.45, 7) is 3.94. The summed E-state index contributed by atoms with van der Waals surface area (Å²) >= 11 is 0. The van der Waals surface area contributed by atoms with Crippen LogP contribution in [0.15, 0.2) is 0 Å². The SMILES string of the molecule is C#CCNc1nc(NC(C)C(=O)OCC)nc(N(C)OC)n1. The van der Waals surface area contributed by atoms with Crippen LogP contribution in [0.5, 0.6) is 0 Å². The number of anilines is 3. The van der Waals surface area contributed by atoms with E-state index in [1.807, 2.05) is 0 Å². The largest absolute Gasteiger partial charge is 0.464 e. The number of terminal acetylenes is 1. The maximum atomic E-state index is 11.6. The predicted molar refractivity (Wildman–Crippen MR) is 82.3 cm³/mol. The molecule has 0 saturated heterocycles. The molecule has 0 aliphatic carbocycles. The molecular formula is C13H20N6O3. The van der Waals surface area contributed by atoms with Crippen LogP contribution in [-0.4, -0.2) is 54.3 Å². The highest BCUT2D eigenvalue weighted by Crippen LogP contribution is 2.13. The van der Waals surface area contributed by atoms with Gasteiger partial charge in [-0.1, -0.05) is 5.92 Å². The van der Waals surface area contributed by atoms with E-state index in [1.54, 1.807) is 20.9 Å². The maximum Gasteiger partial charge on any atom is 0.328 e. The second-order valence-corrected chi connectivity index (χ2v) is 4.14. The third-order valence-electron chi connectivity index (χ3n) is 2.51. The molecule has 0 bridgehead atoms. The number of esters is 1. The zero-order chi connectivity index (χ0) is 16.5. The minimum Gasteiger partial charge on any atom is -0.464 e. The molecule has 0 aliphatic heterocycles. The lowest BCUT2D eigenvalue weighted by molar-refractivity contribution is -0.143. The number of aromatic nitrogens is 3. The van der Waals surface area contributed by atoms with Gasteiger partial charge in [0, 0.05) is 7.05 Å². The lowest BCUT2D eigenvalue weighted by atomic mass is 10.3. The zero-order valence-corrected chi connectivity index (χ0v) is 13.1. The molecule has 120 valence electrons. The molecule has 1 atom stereocenters. The topological polar surface area (TPSA) is 102 Å². The van der Waals surface area contributed by atoms with E-state index >= 15 is 0 Å². The van der Waals surface area contributed by atoms with Crippen molar-refractivity contribution in [3.05, 3.63) is 0 Å². The van der Waals surface area contributed by atoms with Gasteiger partial charge in [0.25, 0.3) is 5.95 Å². The molecule has 0 saturated carbocycles. The van der Waals surface area contributed by atoms with E-state index in [0.29, 0.717) is 6.61 Å². The van der Waals surface area contributed by atoms with Crippen LogP contribution in [-0.2, 0) is 14.4 Å². The van der Waals surface area contributed by atoms with Crippen molar-refractivity contribution < 1.29 is 14.4 Å². The molecule has 9 heteroatoms. The third kappa shape index (κ3) is 5.06. The minimum absolute atomic E-state index is 0.203. The van der Waals surface area contributed by atoms with Crippen molar-refractivity contribution in [1.82, 2.24) is 15.0 Å². The predicted octanol–water partition coefficient (Wildman–Crippen LogP) is 0.278. The van der Waals surface area contributed by atoms with Crippen molar-refractivity contribution in [2.75, 3.05) is 43.0 Å². The van der Waals surface area contributed by atoms with Gasteiger partial charge in [-0.15, -0.1) is 6.42 Å². The van der Waals surface area contributed by atoms with E-state index in [9.17, 15) is 4.79 Å². The van der Waals surface area contributed by atoms with Crippen molar-refractivity contribution in [3.8, 4) is 12.3 Å². The number of nitrogens with one attached hydrogen (secondary N) is 2. The molecule has 1 aromatic rings. The van der Waals surface area contributed by atoms with E-state index < -0.39 is 12.0 Å². The van der Waals surface area contributed by atoms with E-state index in [0.717, 1.165) is 0 Å². The van der Waals surface area contributed by atoms with Gasteiger partial charge in [0.15, 0.2) is 0 Å². The van der Waals surface area contributed by atoms with Crippen molar-refractivity contribution in [1.29, 1.82) is 0 Å². The van der Waals surface area contributed by atoms with Crippen LogP contribution in [0.2, 0.25) is 0 Å². The Morgan fingerprint density at radius 1 is 1.41 bits per heavy atom. The number of hydrogen-bond donors (Lipinski definition) is 2. The Morgan fingerprint density at radius 3 is 2.68 bits per heavy atom. The molecule has 1 heterocycles. The van der Waals surface area contributed by atoms with Crippen molar-refractivity contribution >= 4 is 23.8 Å². The highest BCUT2D eigenvalue weighted by molar-refractivity contribution is 5.78. The van der Waals surface area contributed by atoms with Gasteiger partial charge in [-0.05, 0) is 13.8 Å². The van der Waals surface area contributed by atoms with Gasteiger partial charge in [-0.2, -0.15) is 15.0 Å². The maximum absolute atomic E-state index is 11.6. The molecule has 9 nitrogen and oxygen atoms in total. The first-order valence-corrected chi connectivity index (χ1v) is 6.66. The van der Waals surface area contributed by atoms with Gasteiger partial charge in [-0.25, -0.2) is 9.86 Å². The number of hydroxylamine groups is 1. The molecule has 0 aliphatic rings. The van der Waals surface area contributed by atoms with Crippen molar-refractivity contribution in [2.24, 2.45) is 0 Å². The number of carbonyl (C=O) groups is 1. The normalized spacial score (nSPS) is 11.2. The first kappa shape index (κ1) is 17.5. The molecule has 0 radical (unpaired) electrons. The summed E-state index contributed by atoms with van der Waals surface area (Å²) in [6, 6.07) is -0.608. The highest BCUT2D eigenvalue weighted by atomic mass is 16.7. The van der Waals surface area contributed by atoms with E-state index in [2.05, 4.69) is 31.5 Å². The fourth-order valence-corrected chi connectivity index (χ4v) is 1.38. The van der Waals surface area contributed by atoms with Crippen LogP contribution < -0.4 is 15.7 Å². The molecule has 1 rings (SSSR count). The average Bonchev–Trinajstić information content (AvgIpc) is 2.52. The van der Waals surface area contributed by atoms with Crippen molar-refractivity contribution in [3.63, 3.8) is 0 Å². The smallest absolute Gasteiger partial charge is 0.328 e. The van der Waals surface area contributed by atoms with Crippen LogP contribution in [0, 0.1) is 12.3 Å². The number of rotatable bonds is 8. The van der Waals surface area contributed by atoms with Gasteiger partial charge in [-0.3, -0.25) is 4.84 Å². The molecular weight excluding hydrogens is 288 g/mol. The highest BCUT2D eigenvalue weighted by Gasteiger charge is 2.17. The summed E-state index contributed by atoms with van der Waals surface area (Å²) < 4.78 is 4.92. The summed E-state index contributed by atoms with van der Waals surface area (Å²) in [4.78, 5) is 29.1. The van der Waals surface area contributed by atoms with E-state index in [4.69, 9.17) is 16.0 Å². The summed E-state index contributed by atoms with van der Waals surface area (Å²) in [5, 5.41) is 7.05. The van der Waals surface area contributed by atoms with E-state index in [-0.39, 0.29) is 24.4 Å². The Morgan fingerprint density at radius 2 is 2.09 bits per heavy atom. The van der Waals surface area contributed by atoms with Gasteiger partial charge in [0.2, 0.25) is 11.9 Å². The molecule has 0 spiro atoms. The van der Waals surface area contributed by atoms with Crippen LogP contribution in [0.3, 0.4) is 0 Å². The summed E-state index contributed by atoms with van der Waals surface area (Å²) in [5.74, 6) is 2.75. The lowest BCUT2D eigenvalue weighted by Gasteiger charge is -2.17. The van der Waals surface area contributed by atoms with Crippen LogP contribution in [0.25, 0.3) is 0 Å². The molecule has 0 amide bonds. The third-order valence-corrected chi connectivity index (χ3v) is 2.51. The molecule has 2 N–H and O–H groups in total. The molecule has 0 fully saturated rings. The molecule has 1 unspecified atom stereocenters. The summed E-state index contributed by atoms with van der Waals surface area (Å²) in [5.41, 5.74) is 0. The Balaban J connectivity index is 2.96. The second-order valence-electron chi connectivity index (χ2n) is 4.14. The second kappa shape index (κ2) is 8.63. The first-order valence-electron chi connectivity index (χ1n) is 6.66. The Hall–Kier alpha value is -2.60. The lowest BCUT2D eigenvalue weighted by Crippen LogP contribution is -2.30. The summed E-state index contributed by atoms with van der Waals surface area (Å²) in [6.07, 6.45) is 5.20. The van der Waals surface area contributed by atoms with Gasteiger partial charge in [0.1, 0.15) is 6.04 Å². The van der Waals surface area contributed by atoms with Crippen molar-refractivity contribution in [2.45, 2.75) is 19.9 Å². The minimum atomic E-state index is -0.608. The molecule has 22 heavy (non-hydrogen) atoms. The quantitative estimate of drug-likeness (QED) is 0.398. The van der Waals surface area contributed by atoms with E-state index in [1.165, 1.54) is 12.2 Å². The monoisotopic (exact) mass is 308 g/mol. The number of nitrogens with zero attached hydrogens (tertiary/aromatic N) is 4. The standard InChI is InChI=1S/C13H20N6O3/c1-6-8-14-11-16-12(15-9(3)10(20)22-7-2)18-13(17-11)19(4)21-5/h1,9H,7-8H2,2-5H3,(H2,14,15,16,17,18). The van der Waals surface area contributed by atoms with Crippen LogP contribution in [0.4, 0.5) is 17.8 Å². The van der Waals surface area contributed by atoms with Gasteiger partial charge < -0.3 is 15.4 Å². The fraction of sp³-hybridized carbons (Fsp3) is 0.538. The Bertz CT molecular complexity index is 545.